The molecule has 2 aliphatic rings. The number of carbonyl (C=O) groups excluding carboxylic acids is 1. The Bertz CT molecular complexity index is 804. The van der Waals surface area contributed by atoms with Crippen molar-refractivity contribution in [2.75, 3.05) is 32.8 Å². The fourth-order valence-electron chi connectivity index (χ4n) is 4.11. The van der Waals surface area contributed by atoms with Crippen LogP contribution in [0.15, 0.2) is 41.0 Å². The van der Waals surface area contributed by atoms with Crippen LogP contribution in [0.2, 0.25) is 5.02 Å². The van der Waals surface area contributed by atoms with Gasteiger partial charge in [0, 0.05) is 36.6 Å². The van der Waals surface area contributed by atoms with Crippen molar-refractivity contribution in [3.63, 3.8) is 0 Å². The SMILES string of the molecule is O=C(NCC(c1ccccc1Cl)N1CCOCC1)NC1CCCc2occc21. The highest BCUT2D eigenvalue weighted by molar-refractivity contribution is 6.31. The Morgan fingerprint density at radius 2 is 2.07 bits per heavy atom. The first kappa shape index (κ1) is 19.3. The number of morpholine rings is 1. The molecule has 2 N–H and O–H groups in total. The Hall–Kier alpha value is -2.02. The molecular formula is C21H26ClN3O3. The number of fused-ring (bicyclic) bond motifs is 1. The molecule has 150 valence electrons. The van der Waals surface area contributed by atoms with E-state index in [2.05, 4.69) is 15.5 Å². The summed E-state index contributed by atoms with van der Waals surface area (Å²) < 4.78 is 11.0. The number of rotatable bonds is 5. The molecule has 6 nitrogen and oxygen atoms in total. The van der Waals surface area contributed by atoms with E-state index in [0.29, 0.717) is 19.8 Å². The van der Waals surface area contributed by atoms with E-state index in [1.807, 2.05) is 30.3 Å². The van der Waals surface area contributed by atoms with Crippen LogP contribution in [0.4, 0.5) is 4.79 Å². The van der Waals surface area contributed by atoms with Gasteiger partial charge >= 0.3 is 6.03 Å². The average molecular weight is 404 g/mol. The highest BCUT2D eigenvalue weighted by Gasteiger charge is 2.27. The number of hydrogen-bond acceptors (Lipinski definition) is 4. The lowest BCUT2D eigenvalue weighted by Gasteiger charge is -2.35. The first-order chi connectivity index (χ1) is 13.7. The van der Waals surface area contributed by atoms with Crippen LogP contribution < -0.4 is 10.6 Å². The minimum atomic E-state index is -0.163. The predicted octanol–water partition coefficient (Wildman–Crippen LogP) is 3.68. The van der Waals surface area contributed by atoms with Crippen molar-refractivity contribution in [2.45, 2.75) is 31.3 Å². The summed E-state index contributed by atoms with van der Waals surface area (Å²) in [6, 6.07) is 9.65. The molecule has 1 aromatic heterocycles. The van der Waals surface area contributed by atoms with Crippen LogP contribution in [-0.2, 0) is 11.2 Å². The number of carbonyl (C=O) groups is 1. The van der Waals surface area contributed by atoms with E-state index in [1.54, 1.807) is 6.26 Å². The van der Waals surface area contributed by atoms with Gasteiger partial charge in [0.05, 0.1) is 31.6 Å². The second-order valence-electron chi connectivity index (χ2n) is 7.28. The Labute approximate surface area is 170 Å². The molecule has 4 rings (SSSR count). The number of aryl methyl sites for hydroxylation is 1. The Kier molecular flexibility index (Phi) is 6.20. The molecule has 0 bridgehead atoms. The lowest BCUT2D eigenvalue weighted by atomic mass is 9.93. The number of urea groups is 1. The van der Waals surface area contributed by atoms with Gasteiger partial charge in [0.25, 0.3) is 0 Å². The minimum Gasteiger partial charge on any atom is -0.469 e. The number of nitrogens with one attached hydrogen (secondary N) is 2. The molecule has 1 aliphatic carbocycles. The molecule has 1 fully saturated rings. The third-order valence-corrected chi connectivity index (χ3v) is 5.91. The summed E-state index contributed by atoms with van der Waals surface area (Å²) in [6.07, 6.45) is 4.58. The molecule has 0 spiro atoms. The monoisotopic (exact) mass is 403 g/mol. The maximum absolute atomic E-state index is 12.6. The molecule has 2 amide bonds. The summed E-state index contributed by atoms with van der Waals surface area (Å²) in [5.74, 6) is 0.985. The third-order valence-electron chi connectivity index (χ3n) is 5.56. The maximum Gasteiger partial charge on any atom is 0.315 e. The van der Waals surface area contributed by atoms with E-state index in [-0.39, 0.29) is 18.1 Å². The second-order valence-corrected chi connectivity index (χ2v) is 7.69. The zero-order valence-electron chi connectivity index (χ0n) is 15.8. The number of benzene rings is 1. The normalized spacial score (nSPS) is 21.0. The summed E-state index contributed by atoms with van der Waals surface area (Å²) in [5, 5.41) is 6.87. The minimum absolute atomic E-state index is 0.00431. The first-order valence-corrected chi connectivity index (χ1v) is 10.3. The van der Waals surface area contributed by atoms with Gasteiger partial charge in [-0.05, 0) is 30.5 Å². The van der Waals surface area contributed by atoms with Crippen LogP contribution in [0.25, 0.3) is 0 Å². The summed E-state index contributed by atoms with van der Waals surface area (Å²) in [7, 11) is 0. The molecule has 28 heavy (non-hydrogen) atoms. The standard InChI is InChI=1S/C21H26ClN3O3/c22-17-5-2-1-4-15(17)19(25-9-12-27-13-10-25)14-23-21(26)24-18-6-3-7-20-16(18)8-11-28-20/h1-2,4-5,8,11,18-19H,3,6-7,9-10,12-14H2,(H2,23,24,26). The largest absolute Gasteiger partial charge is 0.469 e. The lowest BCUT2D eigenvalue weighted by Crippen LogP contribution is -2.46. The number of ether oxygens (including phenoxy) is 1. The van der Waals surface area contributed by atoms with Gasteiger partial charge in [-0.2, -0.15) is 0 Å². The van der Waals surface area contributed by atoms with Crippen molar-refractivity contribution in [3.05, 3.63) is 58.5 Å². The van der Waals surface area contributed by atoms with Gasteiger partial charge in [-0.25, -0.2) is 4.79 Å². The van der Waals surface area contributed by atoms with Crippen LogP contribution in [-0.4, -0.2) is 43.8 Å². The number of nitrogens with zero attached hydrogens (tertiary/aromatic N) is 1. The van der Waals surface area contributed by atoms with Gasteiger partial charge in [0.1, 0.15) is 5.76 Å². The third kappa shape index (κ3) is 4.35. The van der Waals surface area contributed by atoms with Gasteiger partial charge in [0.2, 0.25) is 0 Å². The molecule has 0 radical (unpaired) electrons. The van der Waals surface area contributed by atoms with Gasteiger partial charge in [-0.15, -0.1) is 0 Å². The highest BCUT2D eigenvalue weighted by atomic mass is 35.5. The summed E-state index contributed by atoms with van der Waals surface area (Å²) >= 11 is 6.46. The first-order valence-electron chi connectivity index (χ1n) is 9.89. The maximum atomic E-state index is 12.6. The summed E-state index contributed by atoms with van der Waals surface area (Å²) in [6.45, 7) is 3.51. The van der Waals surface area contributed by atoms with Crippen molar-refractivity contribution in [1.29, 1.82) is 0 Å². The smallest absolute Gasteiger partial charge is 0.315 e. The van der Waals surface area contributed by atoms with Gasteiger partial charge < -0.3 is 19.8 Å². The summed E-state index contributed by atoms with van der Waals surface area (Å²) in [4.78, 5) is 14.9. The molecule has 2 aromatic rings. The van der Waals surface area contributed by atoms with Crippen molar-refractivity contribution in [1.82, 2.24) is 15.5 Å². The van der Waals surface area contributed by atoms with Gasteiger partial charge in [-0.1, -0.05) is 29.8 Å². The van der Waals surface area contributed by atoms with E-state index in [4.69, 9.17) is 20.8 Å². The quantitative estimate of drug-likeness (QED) is 0.799. The van der Waals surface area contributed by atoms with Crippen LogP contribution in [0.3, 0.4) is 0 Å². The highest BCUT2D eigenvalue weighted by Crippen LogP contribution is 2.31. The molecule has 2 heterocycles. The molecule has 1 saturated heterocycles. The van der Waals surface area contributed by atoms with E-state index in [9.17, 15) is 4.79 Å². The Morgan fingerprint density at radius 1 is 1.25 bits per heavy atom. The van der Waals surface area contributed by atoms with Crippen molar-refractivity contribution >= 4 is 17.6 Å². The number of halogens is 1. The number of hydrogen-bond donors (Lipinski definition) is 2. The van der Waals surface area contributed by atoms with Gasteiger partial charge in [-0.3, -0.25) is 4.90 Å². The molecule has 2 atom stereocenters. The molecule has 7 heteroatoms. The number of furan rings is 1. The van der Waals surface area contributed by atoms with Crippen molar-refractivity contribution in [2.24, 2.45) is 0 Å². The fourth-order valence-corrected chi connectivity index (χ4v) is 4.37. The van der Waals surface area contributed by atoms with Crippen LogP contribution in [0.1, 0.15) is 41.8 Å². The summed E-state index contributed by atoms with van der Waals surface area (Å²) in [5.41, 5.74) is 2.12. The lowest BCUT2D eigenvalue weighted by molar-refractivity contribution is 0.0167. The van der Waals surface area contributed by atoms with E-state index in [1.165, 1.54) is 0 Å². The zero-order chi connectivity index (χ0) is 19.3. The van der Waals surface area contributed by atoms with E-state index < -0.39 is 0 Å². The number of amides is 2. The van der Waals surface area contributed by atoms with Gasteiger partial charge in [0.15, 0.2) is 0 Å². The predicted molar refractivity (Wildman–Crippen MR) is 108 cm³/mol. The second kappa shape index (κ2) is 8.99. The van der Waals surface area contributed by atoms with Crippen LogP contribution in [0.5, 0.6) is 0 Å². The fraction of sp³-hybridized carbons (Fsp3) is 0.476. The van der Waals surface area contributed by atoms with Crippen molar-refractivity contribution < 1.29 is 13.9 Å². The Morgan fingerprint density at radius 3 is 2.89 bits per heavy atom. The molecule has 2 unspecified atom stereocenters. The average Bonchev–Trinajstić information content (AvgIpc) is 3.20. The van der Waals surface area contributed by atoms with Crippen LogP contribution in [0, 0.1) is 0 Å². The molecule has 0 saturated carbocycles. The van der Waals surface area contributed by atoms with E-state index in [0.717, 1.165) is 54.3 Å². The topological polar surface area (TPSA) is 66.7 Å². The van der Waals surface area contributed by atoms with E-state index >= 15 is 0 Å². The van der Waals surface area contributed by atoms with Crippen LogP contribution >= 0.6 is 11.6 Å². The molecule has 1 aromatic carbocycles. The molecular weight excluding hydrogens is 378 g/mol. The zero-order valence-corrected chi connectivity index (χ0v) is 16.6. The van der Waals surface area contributed by atoms with Crippen molar-refractivity contribution in [3.8, 4) is 0 Å². The Balaban J connectivity index is 1.41. The molecule has 1 aliphatic heterocycles.